The summed E-state index contributed by atoms with van der Waals surface area (Å²) in [5.41, 5.74) is 1.98. The fourth-order valence-electron chi connectivity index (χ4n) is 9.27. The van der Waals surface area contributed by atoms with Crippen molar-refractivity contribution in [2.24, 2.45) is 11.8 Å². The number of rotatable bonds is 18. The third-order valence-corrected chi connectivity index (χ3v) is 13.0. The first-order chi connectivity index (χ1) is 26.3. The van der Waals surface area contributed by atoms with Crippen molar-refractivity contribution in [2.75, 3.05) is 13.7 Å². The number of allylic oxidation sites excluding steroid dienone is 1. The molecule has 10 unspecified atom stereocenters. The van der Waals surface area contributed by atoms with Crippen LogP contribution in [0.4, 0.5) is 0 Å². The Kier molecular flexibility index (Phi) is 16.6. The van der Waals surface area contributed by atoms with Gasteiger partial charge in [0.1, 0.15) is 42.6 Å². The van der Waals surface area contributed by atoms with Crippen LogP contribution in [-0.4, -0.2) is 148 Å². The topological polar surface area (TPSA) is 191 Å². The predicted molar refractivity (Wildman–Crippen MR) is 206 cm³/mol. The number of hydrogen-bond acceptors (Lipinski definition) is 14. The van der Waals surface area contributed by atoms with Gasteiger partial charge in [0.05, 0.1) is 72.9 Å². The molecule has 5 heterocycles. The normalized spacial score (nSPS) is 41.3. The van der Waals surface area contributed by atoms with Gasteiger partial charge in [-0.3, -0.25) is 4.79 Å². The van der Waals surface area contributed by atoms with Crippen LogP contribution in [0.25, 0.3) is 0 Å². The molecule has 5 fully saturated rings. The fourth-order valence-corrected chi connectivity index (χ4v) is 9.74. The highest BCUT2D eigenvalue weighted by Gasteiger charge is 2.53. The van der Waals surface area contributed by atoms with Crippen molar-refractivity contribution in [3.63, 3.8) is 0 Å². The number of aliphatic hydroxyl groups is 5. The van der Waals surface area contributed by atoms with Crippen molar-refractivity contribution in [1.82, 2.24) is 0 Å². The molecule has 5 N–H and O–H groups in total. The molecule has 0 aromatic heterocycles. The number of fused-ring (bicyclic) bond motifs is 1. The zero-order chi connectivity index (χ0) is 40.0. The fraction of sp³-hybridized carbons (Fsp3) is 0.805. The van der Waals surface area contributed by atoms with Crippen LogP contribution >= 0.6 is 12.6 Å². The number of carbonyl (C=O) groups excluding carboxylic acids is 2. The summed E-state index contributed by atoms with van der Waals surface area (Å²) in [5.74, 6) is -0.582. The van der Waals surface area contributed by atoms with E-state index in [4.69, 9.17) is 41.0 Å². The summed E-state index contributed by atoms with van der Waals surface area (Å²) in [7, 11) is 1.53. The second kappa shape index (κ2) is 20.4. The van der Waals surface area contributed by atoms with Crippen LogP contribution in [0.5, 0.6) is 0 Å². The summed E-state index contributed by atoms with van der Waals surface area (Å²) in [5, 5.41) is 51.4. The molecular formula is C41H64O13S. The standard InChI is InChI=1S/C41H64O13S/c1-6-8-28(45)38-36(47)37(48)40-31(54-38)13-11-27(52-40)18-29(46)41(55)35-33(53-34(39(35)49-5)17-24(44)20-43)19-32-23(4)21(2)15-26(51-32)10-12-30-22(3)16-25(50-30)9-7-14-42/h6,8,14,21,24-28,30-41,43-45,47-48,55H,3-4,7,9-13,15-20H2,1-2,5H3/b8-6+/t21?,24?,25?,26?,27-,28?,30+,31+,32?,33+,34-,35?,36+,37-,38?,39+,40?,41?/m1/s1. The minimum absolute atomic E-state index is 0.00924. The SMILES string of the molecule is C=C1C(C)CC(CC[C@@H]2OC(CCC=O)CC2=C)OC1C[C@@H]1O[C@H](CC(O)CO)[C@H](OC)C1C(S)C(=O)C[C@H]1CC[C@@H]2OC(C(O)/C=C/C)[C@@H](O)[C@@H](O)C2O1. The quantitative estimate of drug-likeness (QED) is 0.0675. The number of aliphatic hydroxyl groups excluding tert-OH is 5. The lowest BCUT2D eigenvalue weighted by Crippen LogP contribution is -2.63. The Labute approximate surface area is 330 Å². The van der Waals surface area contributed by atoms with Crippen LogP contribution in [0.2, 0.25) is 0 Å². The molecule has 0 bridgehead atoms. The molecule has 5 aliphatic rings. The number of Topliss-reactive ketones (excluding diaryl/α,β-unsaturated/α-hetero) is 1. The Balaban J connectivity index is 1.24. The summed E-state index contributed by atoms with van der Waals surface area (Å²) in [6, 6.07) is 0. The molecule has 5 aliphatic heterocycles. The first kappa shape index (κ1) is 44.6. The van der Waals surface area contributed by atoms with Crippen LogP contribution in [0.1, 0.15) is 84.5 Å². The third kappa shape index (κ3) is 10.8. The van der Waals surface area contributed by atoms with E-state index in [9.17, 15) is 35.1 Å². The number of methoxy groups -OCH3 is 1. The van der Waals surface area contributed by atoms with E-state index in [1.54, 1.807) is 13.0 Å². The summed E-state index contributed by atoms with van der Waals surface area (Å²) in [4.78, 5) is 24.9. The Morgan fingerprint density at radius 2 is 1.73 bits per heavy atom. The maximum atomic E-state index is 14.1. The molecule has 0 spiro atoms. The van der Waals surface area contributed by atoms with Gasteiger partial charge in [-0.05, 0) is 68.9 Å². The van der Waals surface area contributed by atoms with Crippen molar-refractivity contribution >= 4 is 24.7 Å². The van der Waals surface area contributed by atoms with Crippen LogP contribution in [0.3, 0.4) is 0 Å². The first-order valence-corrected chi connectivity index (χ1v) is 20.6. The van der Waals surface area contributed by atoms with E-state index >= 15 is 0 Å². The summed E-state index contributed by atoms with van der Waals surface area (Å²) < 4.78 is 37.6. The molecule has 55 heavy (non-hydrogen) atoms. The molecule has 18 atom stereocenters. The van der Waals surface area contributed by atoms with Crippen molar-refractivity contribution in [3.05, 3.63) is 36.5 Å². The predicted octanol–water partition coefficient (Wildman–Crippen LogP) is 2.57. The molecule has 0 radical (unpaired) electrons. The molecule has 0 aromatic rings. The lowest BCUT2D eigenvalue weighted by Gasteiger charge is -2.47. The van der Waals surface area contributed by atoms with E-state index in [1.807, 2.05) is 0 Å². The third-order valence-electron chi connectivity index (χ3n) is 12.3. The average molecular weight is 797 g/mol. The van der Waals surface area contributed by atoms with Gasteiger partial charge >= 0.3 is 0 Å². The number of ether oxygens (including phenoxy) is 6. The average Bonchev–Trinajstić information content (AvgIpc) is 3.70. The smallest absolute Gasteiger partial charge is 0.148 e. The second-order valence-electron chi connectivity index (χ2n) is 16.2. The van der Waals surface area contributed by atoms with Crippen molar-refractivity contribution < 1.29 is 63.5 Å². The van der Waals surface area contributed by atoms with E-state index in [0.29, 0.717) is 32.1 Å². The summed E-state index contributed by atoms with van der Waals surface area (Å²) in [6.07, 6.45) is -0.504. The summed E-state index contributed by atoms with van der Waals surface area (Å²) >= 11 is 4.89. The van der Waals surface area contributed by atoms with Gasteiger partial charge in [-0.2, -0.15) is 12.6 Å². The van der Waals surface area contributed by atoms with Gasteiger partial charge in [0, 0.05) is 38.7 Å². The molecule has 13 nitrogen and oxygen atoms in total. The zero-order valence-electron chi connectivity index (χ0n) is 32.5. The largest absolute Gasteiger partial charge is 0.394 e. The van der Waals surface area contributed by atoms with Gasteiger partial charge in [-0.25, -0.2) is 0 Å². The minimum atomic E-state index is -1.38. The zero-order valence-corrected chi connectivity index (χ0v) is 33.4. The molecule has 0 amide bonds. The molecular weight excluding hydrogens is 733 g/mol. The van der Waals surface area contributed by atoms with Gasteiger partial charge in [0.15, 0.2) is 0 Å². The highest BCUT2D eigenvalue weighted by atomic mass is 32.1. The van der Waals surface area contributed by atoms with Crippen molar-refractivity contribution in [3.8, 4) is 0 Å². The van der Waals surface area contributed by atoms with Gasteiger partial charge in [0.25, 0.3) is 0 Å². The lowest BCUT2D eigenvalue weighted by molar-refractivity contribution is -0.273. The number of thiol groups is 1. The Morgan fingerprint density at radius 3 is 2.42 bits per heavy atom. The Morgan fingerprint density at radius 1 is 0.982 bits per heavy atom. The van der Waals surface area contributed by atoms with E-state index < -0.39 is 84.9 Å². The number of aldehydes is 1. The van der Waals surface area contributed by atoms with E-state index in [1.165, 1.54) is 13.2 Å². The van der Waals surface area contributed by atoms with E-state index in [0.717, 1.165) is 43.1 Å². The number of ketones is 1. The molecule has 0 aliphatic carbocycles. The molecule has 14 heteroatoms. The lowest BCUT2D eigenvalue weighted by atomic mass is 9.81. The number of carbonyl (C=O) groups is 2. The van der Waals surface area contributed by atoms with Crippen LogP contribution < -0.4 is 0 Å². The summed E-state index contributed by atoms with van der Waals surface area (Å²) in [6.45, 7) is 12.0. The van der Waals surface area contributed by atoms with Gasteiger partial charge in [0.2, 0.25) is 0 Å². The highest BCUT2D eigenvalue weighted by Crippen LogP contribution is 2.43. The van der Waals surface area contributed by atoms with Gasteiger partial charge in [-0.15, -0.1) is 0 Å². The highest BCUT2D eigenvalue weighted by molar-refractivity contribution is 7.81. The maximum Gasteiger partial charge on any atom is 0.148 e. The first-order valence-electron chi connectivity index (χ1n) is 20.1. The van der Waals surface area contributed by atoms with Gasteiger partial charge in [-0.1, -0.05) is 32.2 Å². The number of hydrogen-bond donors (Lipinski definition) is 6. The Hall–Kier alpha value is -1.53. The molecule has 0 saturated carbocycles. The second-order valence-corrected chi connectivity index (χ2v) is 16.8. The van der Waals surface area contributed by atoms with E-state index in [2.05, 4.69) is 20.1 Å². The van der Waals surface area contributed by atoms with Crippen molar-refractivity contribution in [1.29, 1.82) is 0 Å². The van der Waals surface area contributed by atoms with Crippen molar-refractivity contribution in [2.45, 2.75) is 181 Å². The molecule has 312 valence electrons. The minimum Gasteiger partial charge on any atom is -0.394 e. The van der Waals surface area contributed by atoms with Crippen LogP contribution in [-0.2, 0) is 38.0 Å². The van der Waals surface area contributed by atoms with Crippen LogP contribution in [0, 0.1) is 11.8 Å². The monoisotopic (exact) mass is 796 g/mol. The van der Waals surface area contributed by atoms with Crippen LogP contribution in [0.15, 0.2) is 36.5 Å². The van der Waals surface area contributed by atoms with E-state index in [-0.39, 0.29) is 49.0 Å². The molecule has 5 rings (SSSR count). The molecule has 0 aromatic carbocycles. The van der Waals surface area contributed by atoms with Gasteiger partial charge < -0.3 is 58.7 Å². The molecule has 5 saturated heterocycles. The Bertz CT molecular complexity index is 1330. The maximum absolute atomic E-state index is 14.1.